The van der Waals surface area contributed by atoms with Gasteiger partial charge in [-0.2, -0.15) is 0 Å². The van der Waals surface area contributed by atoms with E-state index in [9.17, 15) is 0 Å². The molecule has 0 spiro atoms. The van der Waals surface area contributed by atoms with Crippen LogP contribution in [0, 0.1) is 0 Å². The number of aromatic nitrogens is 1. The van der Waals surface area contributed by atoms with Gasteiger partial charge >= 0.3 is 0 Å². The first-order chi connectivity index (χ1) is 8.36. The van der Waals surface area contributed by atoms with Crippen molar-refractivity contribution in [2.45, 2.75) is 26.7 Å². The molecule has 0 aliphatic heterocycles. The monoisotopic (exact) mass is 238 g/mol. The van der Waals surface area contributed by atoms with Crippen molar-refractivity contribution < 1.29 is 9.47 Å². The Bertz CT molecular complexity index is 288. The molecule has 0 aliphatic carbocycles. The molecule has 1 N–H and O–H groups in total. The Balaban J connectivity index is 2.14. The molecule has 1 heterocycles. The maximum atomic E-state index is 5.45. The van der Waals surface area contributed by atoms with Crippen LogP contribution >= 0.6 is 0 Å². The van der Waals surface area contributed by atoms with Crippen LogP contribution in [0.25, 0.3) is 0 Å². The first-order valence-corrected chi connectivity index (χ1v) is 6.27. The largest absolute Gasteiger partial charge is 0.478 e. The molecule has 96 valence electrons. The van der Waals surface area contributed by atoms with Crippen LogP contribution in [0.15, 0.2) is 18.3 Å². The molecule has 0 aromatic carbocycles. The fourth-order valence-electron chi connectivity index (χ4n) is 1.33. The van der Waals surface area contributed by atoms with E-state index < -0.39 is 0 Å². The highest BCUT2D eigenvalue weighted by molar-refractivity contribution is 5.41. The first-order valence-electron chi connectivity index (χ1n) is 6.27. The van der Waals surface area contributed by atoms with E-state index in [2.05, 4.69) is 17.2 Å². The molecule has 0 unspecified atom stereocenters. The number of nitrogens with one attached hydrogen (secondary N) is 1. The molecule has 0 bridgehead atoms. The second-order valence-electron chi connectivity index (χ2n) is 3.71. The van der Waals surface area contributed by atoms with E-state index in [1.807, 2.05) is 19.1 Å². The summed E-state index contributed by atoms with van der Waals surface area (Å²) < 4.78 is 10.7. The van der Waals surface area contributed by atoms with Gasteiger partial charge in [0, 0.05) is 19.2 Å². The Labute approximate surface area is 103 Å². The quantitative estimate of drug-likeness (QED) is 0.672. The second kappa shape index (κ2) is 8.82. The van der Waals surface area contributed by atoms with Gasteiger partial charge in [0.25, 0.3) is 0 Å². The molecule has 0 amide bonds. The normalized spacial score (nSPS) is 10.2. The van der Waals surface area contributed by atoms with E-state index in [0.29, 0.717) is 12.5 Å². The van der Waals surface area contributed by atoms with Crippen LogP contribution in [0.2, 0.25) is 0 Å². The third-order valence-corrected chi connectivity index (χ3v) is 2.25. The standard InChI is InChI=1S/C13H22N2O2/c1-3-5-9-16-10-8-14-12-6-7-13(15-11-12)17-4-2/h6-7,11,14H,3-5,8-10H2,1-2H3. The van der Waals surface area contributed by atoms with E-state index in [4.69, 9.17) is 9.47 Å². The van der Waals surface area contributed by atoms with Crippen LogP contribution in [0.5, 0.6) is 5.88 Å². The lowest BCUT2D eigenvalue weighted by Gasteiger charge is -2.07. The highest BCUT2D eigenvalue weighted by atomic mass is 16.5. The van der Waals surface area contributed by atoms with Crippen molar-refractivity contribution in [3.63, 3.8) is 0 Å². The first kappa shape index (κ1) is 13.8. The zero-order chi connectivity index (χ0) is 12.3. The van der Waals surface area contributed by atoms with Crippen LogP contribution in [0.3, 0.4) is 0 Å². The molecule has 0 saturated carbocycles. The van der Waals surface area contributed by atoms with Crippen molar-refractivity contribution in [2.24, 2.45) is 0 Å². The van der Waals surface area contributed by atoms with Gasteiger partial charge in [-0.25, -0.2) is 4.98 Å². The summed E-state index contributed by atoms with van der Waals surface area (Å²) in [6.07, 6.45) is 4.08. The molecule has 0 fully saturated rings. The molecule has 1 aromatic heterocycles. The van der Waals surface area contributed by atoms with Gasteiger partial charge in [-0.3, -0.25) is 0 Å². The molecule has 0 saturated heterocycles. The molecule has 1 rings (SSSR count). The number of ether oxygens (including phenoxy) is 2. The minimum atomic E-state index is 0.644. The number of hydrogen-bond donors (Lipinski definition) is 1. The number of anilines is 1. The zero-order valence-corrected chi connectivity index (χ0v) is 10.7. The molecule has 0 atom stereocenters. The molecular weight excluding hydrogens is 216 g/mol. The number of hydrogen-bond acceptors (Lipinski definition) is 4. The predicted molar refractivity (Wildman–Crippen MR) is 69.6 cm³/mol. The van der Waals surface area contributed by atoms with Gasteiger partial charge in [0.1, 0.15) is 0 Å². The smallest absolute Gasteiger partial charge is 0.213 e. The summed E-state index contributed by atoms with van der Waals surface area (Å²) in [7, 11) is 0. The van der Waals surface area contributed by atoms with E-state index in [1.165, 1.54) is 6.42 Å². The molecule has 0 radical (unpaired) electrons. The number of unbranched alkanes of at least 4 members (excludes halogenated alkanes) is 1. The molecular formula is C13H22N2O2. The Morgan fingerprint density at radius 1 is 1.24 bits per heavy atom. The Morgan fingerprint density at radius 3 is 2.76 bits per heavy atom. The van der Waals surface area contributed by atoms with Crippen LogP contribution in [-0.2, 0) is 4.74 Å². The molecule has 4 nitrogen and oxygen atoms in total. The summed E-state index contributed by atoms with van der Waals surface area (Å²) >= 11 is 0. The maximum Gasteiger partial charge on any atom is 0.213 e. The summed E-state index contributed by atoms with van der Waals surface area (Å²) in [6, 6.07) is 3.83. The third-order valence-electron chi connectivity index (χ3n) is 2.25. The van der Waals surface area contributed by atoms with Gasteiger partial charge in [-0.05, 0) is 19.4 Å². The average molecular weight is 238 g/mol. The molecule has 4 heteroatoms. The van der Waals surface area contributed by atoms with Crippen LogP contribution < -0.4 is 10.1 Å². The second-order valence-corrected chi connectivity index (χ2v) is 3.71. The van der Waals surface area contributed by atoms with Gasteiger partial charge in [-0.15, -0.1) is 0 Å². The van der Waals surface area contributed by atoms with E-state index in [0.717, 1.165) is 31.9 Å². The number of nitrogens with zero attached hydrogens (tertiary/aromatic N) is 1. The summed E-state index contributed by atoms with van der Waals surface area (Å²) in [5, 5.41) is 3.25. The van der Waals surface area contributed by atoms with E-state index >= 15 is 0 Å². The summed E-state index contributed by atoms with van der Waals surface area (Å²) in [6.45, 7) is 7.13. The molecule has 0 aliphatic rings. The van der Waals surface area contributed by atoms with Crippen molar-refractivity contribution in [3.8, 4) is 5.88 Å². The topological polar surface area (TPSA) is 43.4 Å². The number of pyridine rings is 1. The zero-order valence-electron chi connectivity index (χ0n) is 10.7. The highest BCUT2D eigenvalue weighted by Gasteiger charge is 1.95. The summed E-state index contributed by atoms with van der Waals surface area (Å²) in [5.41, 5.74) is 0.993. The van der Waals surface area contributed by atoms with E-state index in [-0.39, 0.29) is 0 Å². The minimum Gasteiger partial charge on any atom is -0.478 e. The lowest BCUT2D eigenvalue weighted by atomic mass is 10.4. The lowest BCUT2D eigenvalue weighted by molar-refractivity contribution is 0.141. The summed E-state index contributed by atoms with van der Waals surface area (Å²) in [5.74, 6) is 0.664. The van der Waals surface area contributed by atoms with Crippen LogP contribution in [0.4, 0.5) is 5.69 Å². The predicted octanol–water partition coefficient (Wildman–Crippen LogP) is 2.71. The van der Waals surface area contributed by atoms with Crippen molar-refractivity contribution in [1.29, 1.82) is 0 Å². The minimum absolute atomic E-state index is 0.644. The van der Waals surface area contributed by atoms with Gasteiger partial charge in [0.05, 0.1) is 25.1 Å². The van der Waals surface area contributed by atoms with Gasteiger partial charge in [0.2, 0.25) is 5.88 Å². The van der Waals surface area contributed by atoms with Crippen molar-refractivity contribution in [1.82, 2.24) is 4.98 Å². The Hall–Kier alpha value is -1.29. The van der Waals surface area contributed by atoms with Crippen molar-refractivity contribution in [3.05, 3.63) is 18.3 Å². The SMILES string of the molecule is CCCCOCCNc1ccc(OCC)nc1. The number of rotatable bonds is 9. The van der Waals surface area contributed by atoms with Gasteiger partial charge in [0.15, 0.2) is 0 Å². The molecule has 1 aromatic rings. The highest BCUT2D eigenvalue weighted by Crippen LogP contribution is 2.10. The van der Waals surface area contributed by atoms with Crippen LogP contribution in [-0.4, -0.2) is 31.3 Å². The van der Waals surface area contributed by atoms with Gasteiger partial charge in [-0.1, -0.05) is 13.3 Å². The van der Waals surface area contributed by atoms with E-state index in [1.54, 1.807) is 6.20 Å². The fraction of sp³-hybridized carbons (Fsp3) is 0.615. The lowest BCUT2D eigenvalue weighted by Crippen LogP contribution is -2.10. The Morgan fingerprint density at radius 2 is 2.12 bits per heavy atom. The van der Waals surface area contributed by atoms with Gasteiger partial charge < -0.3 is 14.8 Å². The van der Waals surface area contributed by atoms with Crippen LogP contribution in [0.1, 0.15) is 26.7 Å². The summed E-state index contributed by atoms with van der Waals surface area (Å²) in [4.78, 5) is 4.17. The van der Waals surface area contributed by atoms with Crippen molar-refractivity contribution >= 4 is 5.69 Å². The molecule has 17 heavy (non-hydrogen) atoms. The maximum absolute atomic E-state index is 5.45. The van der Waals surface area contributed by atoms with Crippen molar-refractivity contribution in [2.75, 3.05) is 31.7 Å². The fourth-order valence-corrected chi connectivity index (χ4v) is 1.33. The Kier molecular flexibility index (Phi) is 7.14. The average Bonchev–Trinajstić information content (AvgIpc) is 2.36. The third kappa shape index (κ3) is 6.12.